The van der Waals surface area contributed by atoms with Crippen LogP contribution in [0.2, 0.25) is 0 Å². The van der Waals surface area contributed by atoms with E-state index in [1.54, 1.807) is 20.8 Å². The molecule has 0 bridgehead atoms. The predicted octanol–water partition coefficient (Wildman–Crippen LogP) is 4.28. The number of carbonyl (C=O) groups is 1. The van der Waals surface area contributed by atoms with Crippen LogP contribution < -0.4 is 0 Å². The molecule has 0 aromatic carbocycles. The lowest BCUT2D eigenvalue weighted by Gasteiger charge is -2.24. The summed E-state index contributed by atoms with van der Waals surface area (Å²) >= 11 is 0. The molecule has 0 unspecified atom stereocenters. The molecule has 0 aliphatic heterocycles. The molecule has 3 nitrogen and oxygen atoms in total. The highest BCUT2D eigenvalue weighted by Crippen LogP contribution is 2.36. The SMILES string of the molecule is CC(C)(C)CC(=O)c1cnn(C(C)(C)C)c1C(F)(F)F. The van der Waals surface area contributed by atoms with E-state index in [1.807, 2.05) is 20.8 Å². The van der Waals surface area contributed by atoms with E-state index < -0.39 is 23.2 Å². The monoisotopic (exact) mass is 290 g/mol. The third-order valence-corrected chi connectivity index (χ3v) is 2.66. The van der Waals surface area contributed by atoms with E-state index in [1.165, 1.54) is 0 Å². The average Bonchev–Trinajstić information content (AvgIpc) is 2.56. The Hall–Kier alpha value is -1.33. The number of nitrogens with zero attached hydrogens (tertiary/aromatic N) is 2. The molecule has 114 valence electrons. The smallest absolute Gasteiger partial charge is 0.294 e. The number of hydrogen-bond acceptors (Lipinski definition) is 2. The van der Waals surface area contributed by atoms with Gasteiger partial charge in [-0.15, -0.1) is 0 Å². The molecule has 0 saturated carbocycles. The molecule has 0 amide bonds. The maximum Gasteiger partial charge on any atom is 0.433 e. The first-order chi connectivity index (χ1) is 8.73. The van der Waals surface area contributed by atoms with E-state index in [0.29, 0.717) is 0 Å². The highest BCUT2D eigenvalue weighted by molar-refractivity contribution is 5.97. The summed E-state index contributed by atoms with van der Waals surface area (Å²) in [6.07, 6.45) is -3.53. The van der Waals surface area contributed by atoms with Gasteiger partial charge in [-0.3, -0.25) is 9.48 Å². The number of carbonyl (C=O) groups excluding carboxylic acids is 1. The van der Waals surface area contributed by atoms with Crippen LogP contribution in [0.25, 0.3) is 0 Å². The van der Waals surface area contributed by atoms with Crippen molar-refractivity contribution in [2.24, 2.45) is 5.41 Å². The zero-order valence-corrected chi connectivity index (χ0v) is 12.7. The highest BCUT2D eigenvalue weighted by Gasteiger charge is 2.42. The first-order valence-electron chi connectivity index (χ1n) is 6.42. The Bertz CT molecular complexity index is 502. The molecule has 0 saturated heterocycles. The lowest BCUT2D eigenvalue weighted by molar-refractivity contribution is -0.146. The van der Waals surface area contributed by atoms with Crippen molar-refractivity contribution in [3.05, 3.63) is 17.5 Å². The van der Waals surface area contributed by atoms with Gasteiger partial charge in [0.25, 0.3) is 0 Å². The summed E-state index contributed by atoms with van der Waals surface area (Å²) in [5.41, 5.74) is -2.52. The molecule has 1 rings (SSSR count). The molecule has 0 N–H and O–H groups in total. The van der Waals surface area contributed by atoms with E-state index in [4.69, 9.17) is 0 Å². The van der Waals surface area contributed by atoms with E-state index in [0.717, 1.165) is 10.9 Å². The quantitative estimate of drug-likeness (QED) is 0.762. The molecule has 6 heteroatoms. The summed E-state index contributed by atoms with van der Waals surface area (Å²) in [4.78, 5) is 12.1. The van der Waals surface area contributed by atoms with Crippen LogP contribution in [-0.4, -0.2) is 15.6 Å². The third kappa shape index (κ3) is 3.84. The Morgan fingerprint density at radius 3 is 2.00 bits per heavy atom. The molecular weight excluding hydrogens is 269 g/mol. The van der Waals surface area contributed by atoms with Crippen molar-refractivity contribution < 1.29 is 18.0 Å². The molecule has 0 aliphatic rings. The number of rotatable bonds is 2. The molecule has 0 radical (unpaired) electrons. The van der Waals surface area contributed by atoms with Gasteiger partial charge in [0.2, 0.25) is 0 Å². The van der Waals surface area contributed by atoms with E-state index in [-0.39, 0.29) is 17.4 Å². The van der Waals surface area contributed by atoms with Crippen molar-refractivity contribution in [2.45, 2.75) is 59.7 Å². The second kappa shape index (κ2) is 4.90. The molecule has 20 heavy (non-hydrogen) atoms. The Morgan fingerprint density at radius 1 is 1.15 bits per heavy atom. The van der Waals surface area contributed by atoms with Crippen molar-refractivity contribution >= 4 is 5.78 Å². The number of hydrogen-bond donors (Lipinski definition) is 0. The van der Waals surface area contributed by atoms with Gasteiger partial charge in [-0.1, -0.05) is 20.8 Å². The van der Waals surface area contributed by atoms with Gasteiger partial charge >= 0.3 is 6.18 Å². The Morgan fingerprint density at radius 2 is 1.65 bits per heavy atom. The summed E-state index contributed by atoms with van der Waals surface area (Å²) in [7, 11) is 0. The third-order valence-electron chi connectivity index (χ3n) is 2.66. The summed E-state index contributed by atoms with van der Waals surface area (Å²) in [5, 5.41) is 3.78. The first kappa shape index (κ1) is 16.7. The number of alkyl halides is 3. The minimum absolute atomic E-state index is 0.0475. The predicted molar refractivity (Wildman–Crippen MR) is 70.6 cm³/mol. The Kier molecular flexibility index (Phi) is 4.09. The summed E-state index contributed by atoms with van der Waals surface area (Å²) in [5.74, 6) is -0.527. The standard InChI is InChI=1S/C14H21F3N2O/c1-12(2,3)7-10(20)9-8-18-19(13(4,5)6)11(9)14(15,16)17/h8H,7H2,1-6H3. The zero-order chi connectivity index (χ0) is 15.9. The lowest BCUT2D eigenvalue weighted by Crippen LogP contribution is -2.30. The van der Waals surface area contributed by atoms with Crippen molar-refractivity contribution in [3.63, 3.8) is 0 Å². The number of aromatic nitrogens is 2. The topological polar surface area (TPSA) is 34.9 Å². The fourth-order valence-electron chi connectivity index (χ4n) is 1.91. The molecule has 1 heterocycles. The minimum Gasteiger partial charge on any atom is -0.294 e. The van der Waals surface area contributed by atoms with Crippen LogP contribution in [0.15, 0.2) is 6.20 Å². The maximum atomic E-state index is 13.3. The van der Waals surface area contributed by atoms with Gasteiger partial charge in [-0.2, -0.15) is 18.3 Å². The minimum atomic E-state index is -4.60. The molecule has 0 spiro atoms. The average molecular weight is 290 g/mol. The first-order valence-corrected chi connectivity index (χ1v) is 6.42. The zero-order valence-electron chi connectivity index (χ0n) is 12.7. The van der Waals surface area contributed by atoms with Gasteiger partial charge in [-0.05, 0) is 26.2 Å². The van der Waals surface area contributed by atoms with Crippen LogP contribution in [-0.2, 0) is 11.7 Å². The lowest BCUT2D eigenvalue weighted by atomic mass is 9.88. The fraction of sp³-hybridized carbons (Fsp3) is 0.714. The Labute approximate surface area is 117 Å². The second-order valence-corrected chi connectivity index (χ2v) is 7.15. The van der Waals surface area contributed by atoms with Crippen molar-refractivity contribution in [1.82, 2.24) is 9.78 Å². The van der Waals surface area contributed by atoms with Crippen LogP contribution in [0.5, 0.6) is 0 Å². The molecule has 1 aromatic rings. The van der Waals surface area contributed by atoms with Crippen LogP contribution >= 0.6 is 0 Å². The van der Waals surface area contributed by atoms with Crippen LogP contribution in [0.1, 0.15) is 64.0 Å². The van der Waals surface area contributed by atoms with E-state index in [2.05, 4.69) is 5.10 Å². The summed E-state index contributed by atoms with van der Waals surface area (Å²) in [6.45, 7) is 10.3. The van der Waals surface area contributed by atoms with Crippen molar-refractivity contribution in [2.75, 3.05) is 0 Å². The van der Waals surface area contributed by atoms with E-state index >= 15 is 0 Å². The normalized spacial score (nSPS) is 13.7. The van der Waals surface area contributed by atoms with Crippen molar-refractivity contribution in [3.8, 4) is 0 Å². The summed E-state index contributed by atoms with van der Waals surface area (Å²) in [6, 6.07) is 0. The van der Waals surface area contributed by atoms with Gasteiger partial charge < -0.3 is 0 Å². The van der Waals surface area contributed by atoms with Gasteiger partial charge in [-0.25, -0.2) is 0 Å². The van der Waals surface area contributed by atoms with Crippen LogP contribution in [0.3, 0.4) is 0 Å². The van der Waals surface area contributed by atoms with Gasteiger partial charge in [0.05, 0.1) is 17.3 Å². The number of halogens is 3. The largest absolute Gasteiger partial charge is 0.433 e. The number of ketones is 1. The number of Topliss-reactive ketones (excluding diaryl/α,β-unsaturated/α-hetero) is 1. The van der Waals surface area contributed by atoms with Crippen LogP contribution in [0.4, 0.5) is 13.2 Å². The van der Waals surface area contributed by atoms with Gasteiger partial charge in [0, 0.05) is 6.42 Å². The molecule has 0 fully saturated rings. The Balaban J connectivity index is 3.36. The summed E-state index contributed by atoms with van der Waals surface area (Å²) < 4.78 is 40.6. The van der Waals surface area contributed by atoms with Crippen LogP contribution in [0, 0.1) is 5.41 Å². The van der Waals surface area contributed by atoms with Gasteiger partial charge in [0.1, 0.15) is 0 Å². The van der Waals surface area contributed by atoms with Crippen molar-refractivity contribution in [1.29, 1.82) is 0 Å². The second-order valence-electron chi connectivity index (χ2n) is 7.15. The maximum absolute atomic E-state index is 13.3. The fourth-order valence-corrected chi connectivity index (χ4v) is 1.91. The molecule has 0 aliphatic carbocycles. The molecule has 0 atom stereocenters. The van der Waals surface area contributed by atoms with Gasteiger partial charge in [0.15, 0.2) is 11.5 Å². The molecule has 1 aromatic heterocycles. The highest BCUT2D eigenvalue weighted by atomic mass is 19.4. The molecular formula is C14H21F3N2O. The van der Waals surface area contributed by atoms with E-state index in [9.17, 15) is 18.0 Å².